The molecule has 27 heavy (non-hydrogen) atoms. The number of anilines is 2. The summed E-state index contributed by atoms with van der Waals surface area (Å²) >= 11 is 0. The van der Waals surface area contributed by atoms with Crippen LogP contribution in [-0.4, -0.2) is 51.3 Å². The number of piperazine rings is 1. The maximum atomic E-state index is 12.7. The molecule has 0 radical (unpaired) electrons. The smallest absolute Gasteiger partial charge is 0.322 e. The van der Waals surface area contributed by atoms with E-state index in [9.17, 15) is 4.79 Å². The molecule has 1 aliphatic rings. The van der Waals surface area contributed by atoms with Gasteiger partial charge < -0.3 is 24.6 Å². The number of ether oxygens (including phenoxy) is 2. The number of aryl methyl sites for hydroxylation is 2. The fourth-order valence-electron chi connectivity index (χ4n) is 3.31. The Hall–Kier alpha value is -2.89. The molecule has 1 N–H and O–H groups in total. The van der Waals surface area contributed by atoms with E-state index in [0.29, 0.717) is 24.5 Å². The van der Waals surface area contributed by atoms with Gasteiger partial charge >= 0.3 is 6.03 Å². The summed E-state index contributed by atoms with van der Waals surface area (Å²) in [5.41, 5.74) is 4.04. The van der Waals surface area contributed by atoms with Crippen molar-refractivity contribution >= 4 is 17.4 Å². The average Bonchev–Trinajstić information content (AvgIpc) is 2.68. The van der Waals surface area contributed by atoms with Gasteiger partial charge in [0.05, 0.1) is 25.6 Å². The van der Waals surface area contributed by atoms with E-state index in [1.165, 1.54) is 5.56 Å². The Bertz CT molecular complexity index is 814. The maximum Gasteiger partial charge on any atom is 0.322 e. The molecule has 2 aromatic carbocycles. The summed E-state index contributed by atoms with van der Waals surface area (Å²) < 4.78 is 10.8. The molecule has 144 valence electrons. The molecule has 0 aliphatic carbocycles. The van der Waals surface area contributed by atoms with Gasteiger partial charge in [0.1, 0.15) is 11.5 Å². The van der Waals surface area contributed by atoms with Gasteiger partial charge in [0.25, 0.3) is 0 Å². The summed E-state index contributed by atoms with van der Waals surface area (Å²) in [6, 6.07) is 11.8. The van der Waals surface area contributed by atoms with Gasteiger partial charge in [-0.1, -0.05) is 12.1 Å². The molecule has 0 bridgehead atoms. The van der Waals surface area contributed by atoms with Crippen molar-refractivity contribution < 1.29 is 14.3 Å². The van der Waals surface area contributed by atoms with Gasteiger partial charge in [-0.25, -0.2) is 4.79 Å². The highest BCUT2D eigenvalue weighted by molar-refractivity contribution is 5.91. The van der Waals surface area contributed by atoms with E-state index in [4.69, 9.17) is 9.47 Å². The van der Waals surface area contributed by atoms with Crippen LogP contribution in [0.25, 0.3) is 0 Å². The van der Waals surface area contributed by atoms with Crippen LogP contribution in [0.4, 0.5) is 16.2 Å². The number of methoxy groups -OCH3 is 2. The number of hydrogen-bond donors (Lipinski definition) is 1. The van der Waals surface area contributed by atoms with Gasteiger partial charge in [-0.15, -0.1) is 0 Å². The number of nitrogens with one attached hydrogen (secondary N) is 1. The van der Waals surface area contributed by atoms with Crippen LogP contribution >= 0.6 is 0 Å². The molecule has 6 heteroatoms. The molecule has 0 unspecified atom stereocenters. The van der Waals surface area contributed by atoms with Crippen LogP contribution in [0.1, 0.15) is 11.1 Å². The highest BCUT2D eigenvalue weighted by atomic mass is 16.5. The predicted molar refractivity (Wildman–Crippen MR) is 108 cm³/mol. The number of carbonyl (C=O) groups excluding carboxylic acids is 1. The molecule has 0 saturated carbocycles. The van der Waals surface area contributed by atoms with Crippen molar-refractivity contribution in [3.63, 3.8) is 0 Å². The second kappa shape index (κ2) is 8.20. The van der Waals surface area contributed by atoms with Crippen LogP contribution in [0.2, 0.25) is 0 Å². The summed E-state index contributed by atoms with van der Waals surface area (Å²) in [7, 11) is 3.29. The standard InChI is InChI=1S/C21H27N3O3/c1-15-5-7-19(26-3)17(13-15)22-21(25)24-11-9-23(10-12-24)18-14-16(2)6-8-20(18)27-4/h5-8,13-14H,9-12H2,1-4H3,(H,22,25). The molecule has 0 aromatic heterocycles. The van der Waals surface area contributed by atoms with Gasteiger partial charge in [-0.2, -0.15) is 0 Å². The number of benzene rings is 2. The molecule has 0 spiro atoms. The third-order valence-corrected chi connectivity index (χ3v) is 4.84. The Morgan fingerprint density at radius 2 is 1.48 bits per heavy atom. The van der Waals surface area contributed by atoms with Crippen LogP contribution in [0.3, 0.4) is 0 Å². The van der Waals surface area contributed by atoms with E-state index in [0.717, 1.165) is 30.1 Å². The molecule has 3 rings (SSSR count). The quantitative estimate of drug-likeness (QED) is 0.893. The minimum atomic E-state index is -0.102. The molecule has 1 heterocycles. The third-order valence-electron chi connectivity index (χ3n) is 4.84. The van der Waals surface area contributed by atoms with Gasteiger partial charge in [-0.3, -0.25) is 0 Å². The predicted octanol–water partition coefficient (Wildman–Crippen LogP) is 3.67. The lowest BCUT2D eigenvalue weighted by Crippen LogP contribution is -2.50. The van der Waals surface area contributed by atoms with Crippen molar-refractivity contribution in [2.75, 3.05) is 50.6 Å². The van der Waals surface area contributed by atoms with E-state index in [-0.39, 0.29) is 6.03 Å². The van der Waals surface area contributed by atoms with E-state index in [2.05, 4.69) is 23.2 Å². The largest absolute Gasteiger partial charge is 0.495 e. The zero-order valence-corrected chi connectivity index (χ0v) is 16.4. The van der Waals surface area contributed by atoms with Crippen molar-refractivity contribution in [3.8, 4) is 11.5 Å². The Labute approximate surface area is 160 Å². The normalized spacial score (nSPS) is 14.1. The monoisotopic (exact) mass is 369 g/mol. The van der Waals surface area contributed by atoms with Gasteiger partial charge in [0, 0.05) is 26.2 Å². The second-order valence-corrected chi connectivity index (χ2v) is 6.78. The number of carbonyl (C=O) groups is 1. The van der Waals surface area contributed by atoms with E-state index in [1.54, 1.807) is 14.2 Å². The fourth-order valence-corrected chi connectivity index (χ4v) is 3.31. The molecule has 6 nitrogen and oxygen atoms in total. The van der Waals surface area contributed by atoms with Gasteiger partial charge in [-0.05, 0) is 49.2 Å². The number of urea groups is 1. The molecule has 1 saturated heterocycles. The SMILES string of the molecule is COc1ccc(C)cc1NC(=O)N1CCN(c2cc(C)ccc2OC)CC1. The molecular formula is C21H27N3O3. The highest BCUT2D eigenvalue weighted by Crippen LogP contribution is 2.30. The van der Waals surface area contributed by atoms with Crippen LogP contribution < -0.4 is 19.7 Å². The van der Waals surface area contributed by atoms with Crippen LogP contribution in [0.15, 0.2) is 36.4 Å². The van der Waals surface area contributed by atoms with Crippen molar-refractivity contribution in [2.24, 2.45) is 0 Å². The lowest BCUT2D eigenvalue weighted by atomic mass is 10.1. The first-order valence-electron chi connectivity index (χ1n) is 9.12. The van der Waals surface area contributed by atoms with Crippen molar-refractivity contribution in [1.82, 2.24) is 4.90 Å². The fraction of sp³-hybridized carbons (Fsp3) is 0.381. The summed E-state index contributed by atoms with van der Waals surface area (Å²) in [5.74, 6) is 1.53. The summed E-state index contributed by atoms with van der Waals surface area (Å²) in [6.07, 6.45) is 0. The Kier molecular flexibility index (Phi) is 5.74. The summed E-state index contributed by atoms with van der Waals surface area (Å²) in [4.78, 5) is 16.8. The molecule has 2 amide bonds. The second-order valence-electron chi connectivity index (χ2n) is 6.78. The Morgan fingerprint density at radius 1 is 0.889 bits per heavy atom. The van der Waals surface area contributed by atoms with Crippen molar-refractivity contribution in [1.29, 1.82) is 0 Å². The van der Waals surface area contributed by atoms with Crippen LogP contribution in [0, 0.1) is 13.8 Å². The minimum Gasteiger partial charge on any atom is -0.495 e. The zero-order chi connectivity index (χ0) is 19.4. The van der Waals surface area contributed by atoms with Gasteiger partial charge in [0.2, 0.25) is 0 Å². The first kappa shape index (κ1) is 18.9. The molecular weight excluding hydrogens is 342 g/mol. The zero-order valence-electron chi connectivity index (χ0n) is 16.4. The first-order chi connectivity index (χ1) is 13.0. The number of nitrogens with zero attached hydrogens (tertiary/aromatic N) is 2. The lowest BCUT2D eigenvalue weighted by molar-refractivity contribution is 0.208. The summed E-state index contributed by atoms with van der Waals surface area (Å²) in [5, 5.41) is 2.98. The third kappa shape index (κ3) is 4.27. The summed E-state index contributed by atoms with van der Waals surface area (Å²) in [6.45, 7) is 6.88. The number of amides is 2. The van der Waals surface area contributed by atoms with Gasteiger partial charge in [0.15, 0.2) is 0 Å². The Morgan fingerprint density at radius 3 is 2.11 bits per heavy atom. The van der Waals surface area contributed by atoms with E-state index in [1.807, 2.05) is 42.2 Å². The topological polar surface area (TPSA) is 54.0 Å². The highest BCUT2D eigenvalue weighted by Gasteiger charge is 2.23. The average molecular weight is 369 g/mol. The first-order valence-corrected chi connectivity index (χ1v) is 9.12. The molecule has 1 fully saturated rings. The lowest BCUT2D eigenvalue weighted by Gasteiger charge is -2.36. The molecule has 1 aliphatic heterocycles. The van der Waals surface area contributed by atoms with E-state index < -0.39 is 0 Å². The van der Waals surface area contributed by atoms with Crippen LogP contribution in [-0.2, 0) is 0 Å². The molecule has 2 aromatic rings. The van der Waals surface area contributed by atoms with Crippen LogP contribution in [0.5, 0.6) is 11.5 Å². The van der Waals surface area contributed by atoms with E-state index >= 15 is 0 Å². The minimum absolute atomic E-state index is 0.102. The number of hydrogen-bond acceptors (Lipinski definition) is 4. The molecule has 0 atom stereocenters. The number of rotatable bonds is 4. The van der Waals surface area contributed by atoms with Crippen molar-refractivity contribution in [2.45, 2.75) is 13.8 Å². The van der Waals surface area contributed by atoms with Crippen molar-refractivity contribution in [3.05, 3.63) is 47.5 Å². The Balaban J connectivity index is 1.65. The maximum absolute atomic E-state index is 12.7.